The third-order valence-electron chi connectivity index (χ3n) is 1.97. The Balaban J connectivity index is 3.32. The van der Waals surface area contributed by atoms with Gasteiger partial charge >= 0.3 is 0 Å². The van der Waals surface area contributed by atoms with Crippen LogP contribution in [0, 0.1) is 11.8 Å². The van der Waals surface area contributed by atoms with Crippen LogP contribution in [0.15, 0.2) is 0 Å². The van der Waals surface area contributed by atoms with Crippen molar-refractivity contribution in [3.05, 3.63) is 0 Å². The van der Waals surface area contributed by atoms with Crippen LogP contribution < -0.4 is 5.73 Å². The Morgan fingerprint density at radius 1 is 1.33 bits per heavy atom. The van der Waals surface area contributed by atoms with Gasteiger partial charge in [-0.05, 0) is 31.0 Å². The molecule has 9 heavy (non-hydrogen) atoms. The molecule has 0 fully saturated rings. The summed E-state index contributed by atoms with van der Waals surface area (Å²) in [6.07, 6.45) is 2.36. The fraction of sp³-hybridized carbons (Fsp3) is 1.00. The maximum absolute atomic E-state index is 5.42. The fourth-order valence-corrected chi connectivity index (χ4v) is 1.24. The van der Waals surface area contributed by atoms with Gasteiger partial charge in [0.05, 0.1) is 0 Å². The summed E-state index contributed by atoms with van der Waals surface area (Å²) < 4.78 is 0. The Morgan fingerprint density at radius 2 is 1.89 bits per heavy atom. The normalized spacial score (nSPS) is 17.3. The molecule has 3 unspecified atom stereocenters. The summed E-state index contributed by atoms with van der Waals surface area (Å²) in [6.45, 7) is 5.37. The van der Waals surface area contributed by atoms with E-state index in [4.69, 9.17) is 5.73 Å². The fourth-order valence-electron chi connectivity index (χ4n) is 0.780. The molecule has 0 spiro atoms. The first-order chi connectivity index (χ1) is 4.22. The highest BCUT2D eigenvalue weighted by molar-refractivity contribution is 7.16. The lowest BCUT2D eigenvalue weighted by Gasteiger charge is -2.16. The molecule has 0 saturated carbocycles. The Bertz CT molecular complexity index is 65.9. The molecule has 0 bridgehead atoms. The zero-order valence-electron chi connectivity index (χ0n) is 6.43. The largest absolute Gasteiger partial charge is 0.330 e. The third kappa shape index (κ3) is 3.89. The van der Waals surface area contributed by atoms with E-state index in [1.54, 1.807) is 0 Å². The zero-order chi connectivity index (χ0) is 7.28. The number of hydrogen-bond acceptors (Lipinski definition) is 1. The van der Waals surface area contributed by atoms with Crippen LogP contribution in [-0.2, 0) is 0 Å². The van der Waals surface area contributed by atoms with E-state index >= 15 is 0 Å². The molecule has 2 N–H and O–H groups in total. The van der Waals surface area contributed by atoms with Crippen molar-refractivity contribution >= 4 is 9.24 Å². The lowest BCUT2D eigenvalue weighted by atomic mass is 9.95. The molecular formula is C7H18NP. The van der Waals surface area contributed by atoms with Crippen LogP contribution in [0.25, 0.3) is 0 Å². The highest BCUT2D eigenvalue weighted by Crippen LogP contribution is 2.15. The zero-order valence-corrected chi connectivity index (χ0v) is 7.59. The lowest BCUT2D eigenvalue weighted by Crippen LogP contribution is -2.13. The quantitative estimate of drug-likeness (QED) is 0.599. The lowest BCUT2D eigenvalue weighted by molar-refractivity contribution is 0.403. The average Bonchev–Trinajstić information content (AvgIpc) is 1.87. The van der Waals surface area contributed by atoms with Crippen molar-refractivity contribution < 1.29 is 0 Å². The molecule has 0 aliphatic rings. The van der Waals surface area contributed by atoms with Crippen LogP contribution in [0.5, 0.6) is 0 Å². The minimum absolute atomic E-state index is 0.785. The molecule has 56 valence electrons. The molecular weight excluding hydrogens is 129 g/mol. The molecule has 3 atom stereocenters. The van der Waals surface area contributed by atoms with Gasteiger partial charge in [-0.1, -0.05) is 13.8 Å². The second kappa shape index (κ2) is 5.20. The van der Waals surface area contributed by atoms with Gasteiger partial charge in [0.2, 0.25) is 0 Å². The van der Waals surface area contributed by atoms with Crippen molar-refractivity contribution in [3.8, 4) is 0 Å². The van der Waals surface area contributed by atoms with E-state index in [0.29, 0.717) is 0 Å². The van der Waals surface area contributed by atoms with Crippen molar-refractivity contribution in [1.82, 2.24) is 0 Å². The van der Waals surface area contributed by atoms with Crippen molar-refractivity contribution in [2.45, 2.75) is 20.3 Å². The maximum atomic E-state index is 5.42. The molecule has 0 amide bonds. The molecule has 0 saturated heterocycles. The number of hydrogen-bond donors (Lipinski definition) is 1. The molecule has 0 aromatic heterocycles. The van der Waals surface area contributed by atoms with Crippen LogP contribution in [-0.4, -0.2) is 12.7 Å². The summed E-state index contributed by atoms with van der Waals surface area (Å²) in [6, 6.07) is 0. The van der Waals surface area contributed by atoms with E-state index in [9.17, 15) is 0 Å². The second-order valence-electron chi connectivity index (χ2n) is 2.77. The molecule has 0 heterocycles. The van der Waals surface area contributed by atoms with Crippen LogP contribution in [0.2, 0.25) is 0 Å². The first-order valence-corrected chi connectivity index (χ1v) is 4.44. The summed E-state index contributed by atoms with van der Waals surface area (Å²) in [7, 11) is 2.77. The van der Waals surface area contributed by atoms with E-state index in [2.05, 4.69) is 23.1 Å². The van der Waals surface area contributed by atoms with Gasteiger partial charge in [0.1, 0.15) is 0 Å². The van der Waals surface area contributed by atoms with E-state index in [-0.39, 0.29) is 0 Å². The molecule has 1 nitrogen and oxygen atoms in total. The van der Waals surface area contributed by atoms with Crippen LogP contribution in [0.4, 0.5) is 0 Å². The minimum atomic E-state index is 0.785. The molecule has 0 aliphatic heterocycles. The van der Waals surface area contributed by atoms with Crippen molar-refractivity contribution in [3.63, 3.8) is 0 Å². The number of rotatable bonds is 4. The van der Waals surface area contributed by atoms with Crippen molar-refractivity contribution in [2.75, 3.05) is 12.7 Å². The standard InChI is InChI=1S/C7H18NP/c1-6(3-4-8)7(2)5-9/h6-7H,3-5,8-9H2,1-2H3. The van der Waals surface area contributed by atoms with Crippen molar-refractivity contribution in [2.24, 2.45) is 17.6 Å². The first-order valence-electron chi connectivity index (χ1n) is 3.62. The smallest absolute Gasteiger partial charge is 0.00746 e. The van der Waals surface area contributed by atoms with Crippen LogP contribution in [0.1, 0.15) is 20.3 Å². The third-order valence-corrected chi connectivity index (χ3v) is 2.71. The highest BCUT2D eigenvalue weighted by atomic mass is 31.0. The summed E-state index contributed by atoms with van der Waals surface area (Å²) in [5.74, 6) is 1.59. The van der Waals surface area contributed by atoms with Gasteiger partial charge in [-0.3, -0.25) is 0 Å². The molecule has 0 aromatic carbocycles. The van der Waals surface area contributed by atoms with E-state index < -0.39 is 0 Å². The monoisotopic (exact) mass is 147 g/mol. The van der Waals surface area contributed by atoms with Gasteiger partial charge in [0, 0.05) is 0 Å². The average molecular weight is 147 g/mol. The molecule has 0 radical (unpaired) electrons. The van der Waals surface area contributed by atoms with Gasteiger partial charge in [-0.25, -0.2) is 0 Å². The van der Waals surface area contributed by atoms with E-state index in [1.807, 2.05) is 0 Å². The molecule has 2 heteroatoms. The second-order valence-corrected chi connectivity index (χ2v) is 3.24. The Kier molecular flexibility index (Phi) is 5.42. The Morgan fingerprint density at radius 3 is 2.22 bits per heavy atom. The maximum Gasteiger partial charge on any atom is -0.00746 e. The first kappa shape index (κ1) is 9.39. The predicted octanol–water partition coefficient (Wildman–Crippen LogP) is 1.48. The predicted molar refractivity (Wildman–Crippen MR) is 46.6 cm³/mol. The summed E-state index contributed by atoms with van der Waals surface area (Å²) in [4.78, 5) is 0. The summed E-state index contributed by atoms with van der Waals surface area (Å²) in [5, 5.41) is 0. The van der Waals surface area contributed by atoms with Gasteiger partial charge in [-0.2, -0.15) is 0 Å². The van der Waals surface area contributed by atoms with Gasteiger partial charge in [0.15, 0.2) is 0 Å². The van der Waals surface area contributed by atoms with Gasteiger partial charge < -0.3 is 5.73 Å². The number of nitrogens with two attached hydrogens (primary N) is 1. The molecule has 0 aliphatic carbocycles. The highest BCUT2D eigenvalue weighted by Gasteiger charge is 2.07. The SMILES string of the molecule is CC(CP)C(C)CCN. The molecule has 0 rings (SSSR count). The Labute approximate surface area is 60.6 Å². The van der Waals surface area contributed by atoms with E-state index in [0.717, 1.165) is 24.8 Å². The summed E-state index contributed by atoms with van der Waals surface area (Å²) >= 11 is 0. The van der Waals surface area contributed by atoms with E-state index in [1.165, 1.54) is 6.16 Å². The van der Waals surface area contributed by atoms with Crippen molar-refractivity contribution in [1.29, 1.82) is 0 Å². The molecule has 0 aromatic rings. The Hall–Kier alpha value is 0.390. The van der Waals surface area contributed by atoms with Gasteiger partial charge in [-0.15, -0.1) is 9.24 Å². The summed E-state index contributed by atoms with van der Waals surface area (Å²) in [5.41, 5.74) is 5.42. The topological polar surface area (TPSA) is 26.0 Å². The van der Waals surface area contributed by atoms with Gasteiger partial charge in [0.25, 0.3) is 0 Å². The van der Waals surface area contributed by atoms with Crippen LogP contribution in [0.3, 0.4) is 0 Å². The van der Waals surface area contributed by atoms with Crippen LogP contribution >= 0.6 is 9.24 Å². The minimum Gasteiger partial charge on any atom is -0.330 e.